The zero-order chi connectivity index (χ0) is 17.1. The number of carbonyl (C=O) groups excluding carboxylic acids is 1. The topological polar surface area (TPSA) is 125 Å². The van der Waals surface area contributed by atoms with Gasteiger partial charge in [-0.3, -0.25) is 4.79 Å². The van der Waals surface area contributed by atoms with Crippen LogP contribution in [0.4, 0.5) is 11.0 Å². The Kier molecular flexibility index (Phi) is 4.86. The highest BCUT2D eigenvalue weighted by Crippen LogP contribution is 2.25. The minimum absolute atomic E-state index is 0.0441. The second-order valence-electron chi connectivity index (χ2n) is 5.06. The average Bonchev–Trinajstić information content (AvgIpc) is 3.18. The SMILES string of the molecule is Cc1nc(C#N)c(N2CCN(C(=O)CSc3nnc(N)s3)CC2)o1. The number of aromatic nitrogens is 3. The second kappa shape index (κ2) is 7.06. The predicted octanol–water partition coefficient (Wildman–Crippen LogP) is 0.729. The second-order valence-corrected chi connectivity index (χ2v) is 7.29. The van der Waals surface area contributed by atoms with Gasteiger partial charge in [-0.25, -0.2) is 4.98 Å². The fraction of sp³-hybridized carbons (Fsp3) is 0.462. The molecule has 1 amide bonds. The van der Waals surface area contributed by atoms with Gasteiger partial charge in [0.2, 0.25) is 22.6 Å². The minimum atomic E-state index is 0.0441. The van der Waals surface area contributed by atoms with Gasteiger partial charge < -0.3 is 20.0 Å². The number of nitrogens with two attached hydrogens (primary N) is 1. The van der Waals surface area contributed by atoms with Gasteiger partial charge in [-0.05, 0) is 0 Å². The third kappa shape index (κ3) is 3.60. The highest BCUT2D eigenvalue weighted by Gasteiger charge is 2.25. The smallest absolute Gasteiger partial charge is 0.234 e. The normalized spacial score (nSPS) is 14.7. The number of amides is 1. The van der Waals surface area contributed by atoms with E-state index in [9.17, 15) is 4.79 Å². The lowest BCUT2D eigenvalue weighted by molar-refractivity contribution is -0.128. The maximum absolute atomic E-state index is 12.3. The zero-order valence-electron chi connectivity index (χ0n) is 12.9. The lowest BCUT2D eigenvalue weighted by atomic mass is 10.3. The summed E-state index contributed by atoms with van der Waals surface area (Å²) in [6.07, 6.45) is 0. The molecular weight excluding hydrogens is 350 g/mol. The Morgan fingerprint density at radius 3 is 2.79 bits per heavy atom. The molecule has 24 heavy (non-hydrogen) atoms. The van der Waals surface area contributed by atoms with Crippen LogP contribution in [0.3, 0.4) is 0 Å². The van der Waals surface area contributed by atoms with Gasteiger partial charge in [-0.15, -0.1) is 10.2 Å². The van der Waals surface area contributed by atoms with Gasteiger partial charge in [0.15, 0.2) is 10.2 Å². The molecule has 2 aromatic heterocycles. The van der Waals surface area contributed by atoms with E-state index < -0.39 is 0 Å². The van der Waals surface area contributed by atoms with E-state index in [1.165, 1.54) is 23.1 Å². The van der Waals surface area contributed by atoms with Crippen molar-refractivity contribution in [3.8, 4) is 6.07 Å². The van der Waals surface area contributed by atoms with Crippen LogP contribution in [0, 0.1) is 18.3 Å². The molecule has 0 aliphatic carbocycles. The molecule has 3 rings (SSSR count). The molecule has 1 aliphatic heterocycles. The Hall–Kier alpha value is -2.32. The van der Waals surface area contributed by atoms with Crippen LogP contribution in [0.5, 0.6) is 0 Å². The summed E-state index contributed by atoms with van der Waals surface area (Å²) in [6, 6.07) is 2.04. The quantitative estimate of drug-likeness (QED) is 0.780. The number of carbonyl (C=O) groups is 1. The number of hydrogen-bond donors (Lipinski definition) is 1. The van der Waals surface area contributed by atoms with E-state index in [-0.39, 0.29) is 11.6 Å². The first kappa shape index (κ1) is 16.5. The Morgan fingerprint density at radius 2 is 2.17 bits per heavy atom. The van der Waals surface area contributed by atoms with Crippen molar-refractivity contribution >= 4 is 40.0 Å². The molecule has 0 aromatic carbocycles. The van der Waals surface area contributed by atoms with Crippen molar-refractivity contribution < 1.29 is 9.21 Å². The molecule has 1 saturated heterocycles. The molecule has 0 saturated carbocycles. The number of nitrogen functional groups attached to an aromatic ring is 1. The van der Waals surface area contributed by atoms with Crippen molar-refractivity contribution in [2.45, 2.75) is 11.3 Å². The number of anilines is 2. The van der Waals surface area contributed by atoms with E-state index >= 15 is 0 Å². The third-order valence-electron chi connectivity index (χ3n) is 3.48. The summed E-state index contributed by atoms with van der Waals surface area (Å²) >= 11 is 2.61. The summed E-state index contributed by atoms with van der Waals surface area (Å²) in [4.78, 5) is 20.1. The fourth-order valence-corrected chi connectivity index (χ4v) is 3.89. The van der Waals surface area contributed by atoms with Crippen molar-refractivity contribution in [3.05, 3.63) is 11.6 Å². The Morgan fingerprint density at radius 1 is 1.42 bits per heavy atom. The molecule has 126 valence electrons. The molecule has 2 aromatic rings. The molecule has 0 unspecified atom stereocenters. The number of hydrogen-bond acceptors (Lipinski definition) is 10. The summed E-state index contributed by atoms with van der Waals surface area (Å²) in [6.45, 7) is 4.06. The standard InChI is InChI=1S/C13H15N7O2S2/c1-8-16-9(6-14)11(22-8)20-4-2-19(3-5-20)10(21)7-23-13-18-17-12(15)24-13/h2-5,7H2,1H3,(H2,15,17). The molecular formula is C13H15N7O2S2. The number of piperazine rings is 1. The van der Waals surface area contributed by atoms with Gasteiger partial charge in [0.05, 0.1) is 5.75 Å². The van der Waals surface area contributed by atoms with Gasteiger partial charge in [0.25, 0.3) is 0 Å². The van der Waals surface area contributed by atoms with Crippen molar-refractivity contribution in [2.75, 3.05) is 42.6 Å². The number of aryl methyl sites for hydroxylation is 1. The van der Waals surface area contributed by atoms with E-state index in [1.807, 2.05) is 11.0 Å². The van der Waals surface area contributed by atoms with E-state index in [2.05, 4.69) is 15.2 Å². The Balaban J connectivity index is 1.53. The van der Waals surface area contributed by atoms with Crippen LogP contribution in [-0.4, -0.2) is 57.9 Å². The number of nitrogens with zero attached hydrogens (tertiary/aromatic N) is 6. The predicted molar refractivity (Wildman–Crippen MR) is 89.8 cm³/mol. The van der Waals surface area contributed by atoms with Crippen molar-refractivity contribution in [2.24, 2.45) is 0 Å². The van der Waals surface area contributed by atoms with Gasteiger partial charge >= 0.3 is 0 Å². The Labute approximate surface area is 146 Å². The highest BCUT2D eigenvalue weighted by molar-refractivity contribution is 8.01. The zero-order valence-corrected chi connectivity index (χ0v) is 14.6. The van der Waals surface area contributed by atoms with Crippen LogP contribution < -0.4 is 10.6 Å². The van der Waals surface area contributed by atoms with E-state index in [0.29, 0.717) is 53.2 Å². The molecule has 3 heterocycles. The van der Waals surface area contributed by atoms with Crippen LogP contribution in [0.15, 0.2) is 8.76 Å². The highest BCUT2D eigenvalue weighted by atomic mass is 32.2. The summed E-state index contributed by atoms with van der Waals surface area (Å²) < 4.78 is 6.20. The maximum atomic E-state index is 12.3. The summed E-state index contributed by atoms with van der Waals surface area (Å²) in [7, 11) is 0. The number of rotatable bonds is 4. The first-order valence-electron chi connectivity index (χ1n) is 7.19. The lowest BCUT2D eigenvalue weighted by Gasteiger charge is -2.34. The van der Waals surface area contributed by atoms with Gasteiger partial charge in [0, 0.05) is 33.1 Å². The average molecular weight is 365 g/mol. The van der Waals surface area contributed by atoms with Gasteiger partial charge in [0.1, 0.15) is 6.07 Å². The molecule has 0 atom stereocenters. The van der Waals surface area contributed by atoms with Crippen molar-refractivity contribution in [1.29, 1.82) is 5.26 Å². The molecule has 1 aliphatic rings. The van der Waals surface area contributed by atoms with Crippen LogP contribution in [0.2, 0.25) is 0 Å². The van der Waals surface area contributed by atoms with Gasteiger partial charge in [-0.2, -0.15) is 5.26 Å². The molecule has 9 nitrogen and oxygen atoms in total. The molecule has 2 N–H and O–H groups in total. The molecule has 0 radical (unpaired) electrons. The molecule has 11 heteroatoms. The third-order valence-corrected chi connectivity index (χ3v) is 5.35. The molecule has 0 bridgehead atoms. The maximum Gasteiger partial charge on any atom is 0.234 e. The van der Waals surface area contributed by atoms with Crippen molar-refractivity contribution in [3.63, 3.8) is 0 Å². The van der Waals surface area contributed by atoms with Crippen LogP contribution in [0.1, 0.15) is 11.6 Å². The summed E-state index contributed by atoms with van der Waals surface area (Å²) in [5, 5.41) is 17.1. The van der Waals surface area contributed by atoms with E-state index in [4.69, 9.17) is 15.4 Å². The van der Waals surface area contributed by atoms with Crippen LogP contribution in [0.25, 0.3) is 0 Å². The number of oxazole rings is 1. The first-order valence-corrected chi connectivity index (χ1v) is 8.99. The van der Waals surface area contributed by atoms with E-state index in [1.54, 1.807) is 11.8 Å². The molecule has 0 spiro atoms. The summed E-state index contributed by atoms with van der Waals surface area (Å²) in [5.74, 6) is 1.30. The number of thioether (sulfide) groups is 1. The largest absolute Gasteiger partial charge is 0.424 e. The summed E-state index contributed by atoms with van der Waals surface area (Å²) in [5.41, 5.74) is 5.81. The lowest BCUT2D eigenvalue weighted by Crippen LogP contribution is -2.49. The van der Waals surface area contributed by atoms with E-state index in [0.717, 1.165) is 0 Å². The van der Waals surface area contributed by atoms with Crippen LogP contribution >= 0.6 is 23.1 Å². The molecule has 1 fully saturated rings. The monoisotopic (exact) mass is 365 g/mol. The first-order chi connectivity index (χ1) is 11.6. The van der Waals surface area contributed by atoms with Crippen LogP contribution in [-0.2, 0) is 4.79 Å². The Bertz CT molecular complexity index is 774. The van der Waals surface area contributed by atoms with Crippen molar-refractivity contribution in [1.82, 2.24) is 20.1 Å². The van der Waals surface area contributed by atoms with Gasteiger partial charge in [-0.1, -0.05) is 23.1 Å². The fourth-order valence-electron chi connectivity index (χ4n) is 2.36. The minimum Gasteiger partial charge on any atom is -0.424 e. The number of nitriles is 1.